The van der Waals surface area contributed by atoms with Gasteiger partial charge in [0.25, 0.3) is 0 Å². The van der Waals surface area contributed by atoms with Gasteiger partial charge in [0, 0.05) is 5.88 Å². The molecule has 0 saturated heterocycles. The van der Waals surface area contributed by atoms with Crippen molar-refractivity contribution in [2.45, 2.75) is 12.8 Å². The molecule has 0 fully saturated rings. The summed E-state index contributed by atoms with van der Waals surface area (Å²) in [5, 5.41) is 0. The zero-order chi connectivity index (χ0) is 12.8. The lowest BCUT2D eigenvalue weighted by Crippen LogP contribution is -1.91. The van der Waals surface area contributed by atoms with Crippen molar-refractivity contribution >= 4 is 11.6 Å². The van der Waals surface area contributed by atoms with E-state index in [-0.39, 0.29) is 0 Å². The summed E-state index contributed by atoms with van der Waals surface area (Å²) >= 11 is 5.73. The molecule has 0 spiro atoms. The summed E-state index contributed by atoms with van der Waals surface area (Å²) in [4.78, 5) is 0. The van der Waals surface area contributed by atoms with Crippen molar-refractivity contribution in [3.05, 3.63) is 54.1 Å². The van der Waals surface area contributed by atoms with Gasteiger partial charge in [-0.2, -0.15) is 0 Å². The van der Waals surface area contributed by atoms with Crippen molar-refractivity contribution in [3.8, 4) is 17.2 Å². The fraction of sp³-hybridized carbons (Fsp3) is 0.200. The first kappa shape index (κ1) is 12.8. The third-order valence-electron chi connectivity index (χ3n) is 2.45. The van der Waals surface area contributed by atoms with Crippen LogP contribution in [-0.4, -0.2) is 6.61 Å². The zero-order valence-electron chi connectivity index (χ0n) is 10.2. The summed E-state index contributed by atoms with van der Waals surface area (Å²) in [6.07, 6.45) is 0. The van der Waals surface area contributed by atoms with E-state index in [1.54, 1.807) is 0 Å². The smallest absolute Gasteiger partial charge is 0.127 e. The summed E-state index contributed by atoms with van der Waals surface area (Å²) in [6, 6.07) is 15.3. The van der Waals surface area contributed by atoms with Crippen LogP contribution in [0.2, 0.25) is 0 Å². The Morgan fingerprint density at radius 3 is 1.83 bits per heavy atom. The van der Waals surface area contributed by atoms with E-state index < -0.39 is 0 Å². The van der Waals surface area contributed by atoms with E-state index in [0.717, 1.165) is 22.8 Å². The molecule has 2 aromatic carbocycles. The predicted octanol–water partition coefficient (Wildman–Crippen LogP) is 4.62. The molecule has 0 aliphatic carbocycles. The van der Waals surface area contributed by atoms with Crippen molar-refractivity contribution in [1.82, 2.24) is 0 Å². The Morgan fingerprint density at radius 1 is 0.833 bits per heavy atom. The van der Waals surface area contributed by atoms with Crippen molar-refractivity contribution < 1.29 is 9.47 Å². The first-order chi connectivity index (χ1) is 8.81. The normalized spacial score (nSPS) is 10.1. The van der Waals surface area contributed by atoms with Crippen LogP contribution in [0.5, 0.6) is 17.2 Å². The maximum Gasteiger partial charge on any atom is 0.127 e. The predicted molar refractivity (Wildman–Crippen MR) is 73.7 cm³/mol. The molecule has 2 nitrogen and oxygen atoms in total. The highest BCUT2D eigenvalue weighted by Gasteiger charge is 1.98. The van der Waals surface area contributed by atoms with Crippen LogP contribution >= 0.6 is 11.6 Å². The van der Waals surface area contributed by atoms with Gasteiger partial charge in [-0.1, -0.05) is 12.1 Å². The van der Waals surface area contributed by atoms with Crippen LogP contribution in [0, 0.1) is 0 Å². The number of rotatable bonds is 5. The lowest BCUT2D eigenvalue weighted by atomic mass is 10.2. The van der Waals surface area contributed by atoms with Crippen LogP contribution in [0.25, 0.3) is 0 Å². The van der Waals surface area contributed by atoms with Crippen molar-refractivity contribution in [1.29, 1.82) is 0 Å². The lowest BCUT2D eigenvalue weighted by Gasteiger charge is -2.07. The molecule has 18 heavy (non-hydrogen) atoms. The highest BCUT2D eigenvalue weighted by Crippen LogP contribution is 2.24. The maximum atomic E-state index is 5.73. The summed E-state index contributed by atoms with van der Waals surface area (Å²) in [5.41, 5.74) is 1.08. The third kappa shape index (κ3) is 3.41. The van der Waals surface area contributed by atoms with E-state index in [2.05, 4.69) is 0 Å². The first-order valence-corrected chi connectivity index (χ1v) is 6.41. The Morgan fingerprint density at radius 2 is 1.33 bits per heavy atom. The number of hydrogen-bond donors (Lipinski definition) is 0. The van der Waals surface area contributed by atoms with Gasteiger partial charge in [-0.05, 0) is 48.9 Å². The molecule has 2 aromatic rings. The van der Waals surface area contributed by atoms with Crippen LogP contribution in [0.15, 0.2) is 48.5 Å². The molecule has 94 valence electrons. The largest absolute Gasteiger partial charge is 0.494 e. The Bertz CT molecular complexity index is 477. The highest BCUT2D eigenvalue weighted by molar-refractivity contribution is 6.17. The molecule has 0 N–H and O–H groups in total. The Kier molecular flexibility index (Phi) is 4.48. The highest BCUT2D eigenvalue weighted by atomic mass is 35.5. The van der Waals surface area contributed by atoms with Crippen LogP contribution < -0.4 is 9.47 Å². The van der Waals surface area contributed by atoms with E-state index in [4.69, 9.17) is 21.1 Å². The van der Waals surface area contributed by atoms with E-state index in [9.17, 15) is 0 Å². The fourth-order valence-electron chi connectivity index (χ4n) is 1.55. The molecule has 0 unspecified atom stereocenters. The molecule has 0 atom stereocenters. The van der Waals surface area contributed by atoms with Gasteiger partial charge in [-0.3, -0.25) is 0 Å². The van der Waals surface area contributed by atoms with Gasteiger partial charge in [-0.15, -0.1) is 11.6 Å². The molecule has 2 rings (SSSR count). The zero-order valence-corrected chi connectivity index (χ0v) is 11.0. The van der Waals surface area contributed by atoms with E-state index in [0.29, 0.717) is 12.5 Å². The van der Waals surface area contributed by atoms with Gasteiger partial charge < -0.3 is 9.47 Å². The van der Waals surface area contributed by atoms with Gasteiger partial charge in [-0.25, -0.2) is 0 Å². The third-order valence-corrected chi connectivity index (χ3v) is 2.76. The van der Waals surface area contributed by atoms with E-state index >= 15 is 0 Å². The molecular weight excluding hydrogens is 248 g/mol. The Hall–Kier alpha value is -1.67. The lowest BCUT2D eigenvalue weighted by molar-refractivity contribution is 0.339. The fourth-order valence-corrected chi connectivity index (χ4v) is 1.73. The minimum absolute atomic E-state index is 0.517. The average molecular weight is 263 g/mol. The van der Waals surface area contributed by atoms with Gasteiger partial charge in [0.05, 0.1) is 6.61 Å². The SMILES string of the molecule is CCOc1ccc(Oc2ccc(CCl)cc2)cc1. The van der Waals surface area contributed by atoms with Gasteiger partial charge in [0.1, 0.15) is 17.2 Å². The van der Waals surface area contributed by atoms with Crippen LogP contribution in [0.4, 0.5) is 0 Å². The van der Waals surface area contributed by atoms with Crippen molar-refractivity contribution in [3.63, 3.8) is 0 Å². The standard InChI is InChI=1S/C15H15ClO2/c1-2-17-13-7-9-15(10-8-13)18-14-5-3-12(11-16)4-6-14/h3-10H,2,11H2,1H3. The number of ether oxygens (including phenoxy) is 2. The van der Waals surface area contributed by atoms with Crippen LogP contribution in [-0.2, 0) is 5.88 Å². The van der Waals surface area contributed by atoms with Gasteiger partial charge >= 0.3 is 0 Å². The minimum Gasteiger partial charge on any atom is -0.494 e. The van der Waals surface area contributed by atoms with Crippen LogP contribution in [0.1, 0.15) is 12.5 Å². The summed E-state index contributed by atoms with van der Waals surface area (Å²) in [7, 11) is 0. The second-order valence-electron chi connectivity index (χ2n) is 3.78. The number of halogens is 1. The van der Waals surface area contributed by atoms with Gasteiger partial charge in [0.2, 0.25) is 0 Å². The quantitative estimate of drug-likeness (QED) is 0.732. The second-order valence-corrected chi connectivity index (χ2v) is 4.05. The molecule has 3 heteroatoms. The molecule has 0 aromatic heterocycles. The second kappa shape index (κ2) is 6.31. The monoisotopic (exact) mass is 262 g/mol. The topological polar surface area (TPSA) is 18.5 Å². The number of benzene rings is 2. The minimum atomic E-state index is 0.517. The number of hydrogen-bond acceptors (Lipinski definition) is 2. The molecule has 0 aliphatic heterocycles. The summed E-state index contributed by atoms with van der Waals surface area (Å²) in [5.74, 6) is 2.95. The van der Waals surface area contributed by atoms with Crippen LogP contribution in [0.3, 0.4) is 0 Å². The average Bonchev–Trinajstić information content (AvgIpc) is 2.42. The molecule has 0 heterocycles. The molecule has 0 amide bonds. The molecular formula is C15H15ClO2. The molecule has 0 aliphatic rings. The van der Waals surface area contributed by atoms with Gasteiger partial charge in [0.15, 0.2) is 0 Å². The summed E-state index contributed by atoms with van der Waals surface area (Å²) in [6.45, 7) is 2.63. The van der Waals surface area contributed by atoms with Crippen molar-refractivity contribution in [2.75, 3.05) is 6.61 Å². The molecule has 0 radical (unpaired) electrons. The number of alkyl halides is 1. The van der Waals surface area contributed by atoms with E-state index in [1.165, 1.54) is 0 Å². The Balaban J connectivity index is 2.03. The first-order valence-electron chi connectivity index (χ1n) is 5.87. The maximum absolute atomic E-state index is 5.73. The summed E-state index contributed by atoms with van der Waals surface area (Å²) < 4.78 is 11.1. The van der Waals surface area contributed by atoms with E-state index in [1.807, 2.05) is 55.5 Å². The Labute approximate surface area is 112 Å². The van der Waals surface area contributed by atoms with Crippen molar-refractivity contribution in [2.24, 2.45) is 0 Å². The molecule has 0 bridgehead atoms. The molecule has 0 saturated carbocycles.